The van der Waals surface area contributed by atoms with Crippen molar-refractivity contribution in [2.45, 2.75) is 25.1 Å². The molecular weight excluding hydrogens is 458 g/mol. The van der Waals surface area contributed by atoms with Crippen LogP contribution in [0, 0.1) is 0 Å². The Morgan fingerprint density at radius 3 is 2.19 bits per heavy atom. The van der Waals surface area contributed by atoms with Gasteiger partial charge in [0.1, 0.15) is 5.75 Å². The van der Waals surface area contributed by atoms with Gasteiger partial charge < -0.3 is 20.5 Å². The van der Waals surface area contributed by atoms with E-state index in [1.165, 1.54) is 12.1 Å². The number of nitrogens with one attached hydrogen (secondary N) is 2. The smallest absolute Gasteiger partial charge is 0.406 e. The Morgan fingerprint density at radius 1 is 1.00 bits per heavy atom. The van der Waals surface area contributed by atoms with Crippen molar-refractivity contribution in [2.75, 3.05) is 10.6 Å². The zero-order valence-electron chi connectivity index (χ0n) is 15.4. The zero-order valence-corrected chi connectivity index (χ0v) is 16.1. The molecule has 0 aliphatic heterocycles. The van der Waals surface area contributed by atoms with E-state index in [9.17, 15) is 41.0 Å². The summed E-state index contributed by atoms with van der Waals surface area (Å²) in [6.07, 6.45) is -10.2. The maximum Gasteiger partial charge on any atom is 0.573 e. The number of ether oxygens (including phenoxy) is 1. The summed E-state index contributed by atoms with van der Waals surface area (Å²) in [6, 6.07) is 7.55. The van der Waals surface area contributed by atoms with Crippen molar-refractivity contribution in [3.05, 3.63) is 53.1 Å². The van der Waals surface area contributed by atoms with E-state index in [0.717, 1.165) is 30.3 Å². The average Bonchev–Trinajstić information content (AvgIpc) is 2.61. The number of benzene rings is 2. The van der Waals surface area contributed by atoms with E-state index in [4.69, 9.17) is 11.6 Å². The Hall–Kier alpha value is -2.99. The van der Waals surface area contributed by atoms with Crippen LogP contribution < -0.4 is 15.4 Å². The molecule has 0 bridgehead atoms. The molecule has 1 atom stereocenters. The first kappa shape index (κ1) is 24.3. The van der Waals surface area contributed by atoms with Gasteiger partial charge in [-0.1, -0.05) is 17.7 Å². The van der Waals surface area contributed by atoms with Gasteiger partial charge in [-0.25, -0.2) is 0 Å². The van der Waals surface area contributed by atoms with Crippen LogP contribution in [-0.2, 0) is 4.79 Å². The predicted molar refractivity (Wildman–Crippen MR) is 97.8 cm³/mol. The van der Waals surface area contributed by atoms with Gasteiger partial charge in [-0.3, -0.25) is 9.59 Å². The van der Waals surface area contributed by atoms with Crippen molar-refractivity contribution in [3.63, 3.8) is 0 Å². The molecule has 0 aromatic heterocycles. The second-order valence-electron chi connectivity index (χ2n) is 6.25. The van der Waals surface area contributed by atoms with Crippen LogP contribution in [0.4, 0.5) is 37.7 Å². The lowest BCUT2D eigenvalue weighted by Crippen LogP contribution is -2.52. The number of amides is 2. The van der Waals surface area contributed by atoms with Crippen molar-refractivity contribution in [1.82, 2.24) is 0 Å². The van der Waals surface area contributed by atoms with Crippen molar-refractivity contribution in [3.8, 4) is 5.75 Å². The van der Waals surface area contributed by atoms with Gasteiger partial charge >= 0.3 is 12.5 Å². The lowest BCUT2D eigenvalue weighted by atomic mass is 10.1. The van der Waals surface area contributed by atoms with Crippen LogP contribution >= 0.6 is 11.6 Å². The number of hydrogen-bond donors (Lipinski definition) is 3. The van der Waals surface area contributed by atoms with Crippen molar-refractivity contribution in [2.24, 2.45) is 0 Å². The predicted octanol–water partition coefficient (Wildman–Crippen LogP) is 4.74. The molecule has 0 saturated heterocycles. The molecular formula is C18H13ClF6N2O4. The van der Waals surface area contributed by atoms with E-state index in [1.54, 1.807) is 5.32 Å². The number of hydrogen-bond acceptors (Lipinski definition) is 4. The molecule has 31 heavy (non-hydrogen) atoms. The molecule has 0 fully saturated rings. The van der Waals surface area contributed by atoms with Crippen LogP contribution in [0.1, 0.15) is 17.3 Å². The third kappa shape index (κ3) is 6.25. The summed E-state index contributed by atoms with van der Waals surface area (Å²) in [6.45, 7) is 0.259. The van der Waals surface area contributed by atoms with E-state index >= 15 is 0 Å². The second kappa shape index (κ2) is 8.63. The molecule has 0 aliphatic rings. The molecule has 1 unspecified atom stereocenters. The van der Waals surface area contributed by atoms with Gasteiger partial charge in [0, 0.05) is 17.3 Å². The van der Waals surface area contributed by atoms with Crippen LogP contribution in [0.2, 0.25) is 5.02 Å². The van der Waals surface area contributed by atoms with Gasteiger partial charge in [0.2, 0.25) is 5.60 Å². The van der Waals surface area contributed by atoms with E-state index < -0.39 is 35.7 Å². The highest BCUT2D eigenvalue weighted by Gasteiger charge is 2.55. The molecule has 168 valence electrons. The maximum atomic E-state index is 12.7. The molecule has 0 saturated carbocycles. The quantitative estimate of drug-likeness (QED) is 0.551. The number of anilines is 2. The van der Waals surface area contributed by atoms with Gasteiger partial charge in [0.15, 0.2) is 0 Å². The number of halogens is 7. The van der Waals surface area contributed by atoms with E-state index in [0.29, 0.717) is 0 Å². The van der Waals surface area contributed by atoms with E-state index in [-0.39, 0.29) is 28.9 Å². The van der Waals surface area contributed by atoms with Crippen molar-refractivity contribution < 1.29 is 45.8 Å². The van der Waals surface area contributed by atoms with Gasteiger partial charge in [-0.15, -0.1) is 13.2 Å². The Balaban J connectivity index is 2.14. The summed E-state index contributed by atoms with van der Waals surface area (Å²) in [5, 5.41) is 13.1. The summed E-state index contributed by atoms with van der Waals surface area (Å²) in [4.78, 5) is 24.0. The first-order valence-electron chi connectivity index (χ1n) is 8.17. The Labute approximate surface area is 175 Å². The molecule has 0 spiro atoms. The normalized spacial score (nSPS) is 13.8. The summed E-state index contributed by atoms with van der Waals surface area (Å²) in [5.41, 5.74) is -4.15. The lowest BCUT2D eigenvalue weighted by molar-refractivity contribution is -0.274. The maximum absolute atomic E-state index is 12.7. The largest absolute Gasteiger partial charge is 0.573 e. The zero-order chi connectivity index (χ0) is 23.6. The molecule has 6 nitrogen and oxygen atoms in total. The minimum absolute atomic E-state index is 0.0403. The number of carbonyl (C=O) groups excluding carboxylic acids is 2. The second-order valence-corrected chi connectivity index (χ2v) is 6.66. The summed E-state index contributed by atoms with van der Waals surface area (Å²) in [5.74, 6) is -3.18. The Morgan fingerprint density at radius 2 is 1.65 bits per heavy atom. The highest BCUT2D eigenvalue weighted by Crippen LogP contribution is 2.32. The third-order valence-electron chi connectivity index (χ3n) is 3.80. The minimum Gasteiger partial charge on any atom is -0.406 e. The molecule has 2 rings (SSSR count). The highest BCUT2D eigenvalue weighted by atomic mass is 35.5. The number of alkyl halides is 6. The molecule has 0 radical (unpaired) electrons. The van der Waals surface area contributed by atoms with Gasteiger partial charge in [0.05, 0.1) is 10.7 Å². The van der Waals surface area contributed by atoms with Crippen LogP contribution in [0.3, 0.4) is 0 Å². The topological polar surface area (TPSA) is 87.7 Å². The van der Waals surface area contributed by atoms with Crippen LogP contribution in [0.5, 0.6) is 5.75 Å². The Kier molecular flexibility index (Phi) is 6.76. The highest BCUT2D eigenvalue weighted by molar-refractivity contribution is 6.34. The van der Waals surface area contributed by atoms with Crippen LogP contribution in [0.25, 0.3) is 0 Å². The molecule has 2 aromatic rings. The van der Waals surface area contributed by atoms with Crippen LogP contribution in [0.15, 0.2) is 42.5 Å². The fourth-order valence-electron chi connectivity index (χ4n) is 2.10. The standard InChI is InChI=1S/C18H13ClF6N2O4/c1-16(30,17(20,21)22)15(29)27-13-6-5-9(7-12(13)19)14(28)26-10-3-2-4-11(8-10)31-18(23,24)25/h2-8,30H,1H3,(H,26,28)(H,27,29). The summed E-state index contributed by atoms with van der Waals surface area (Å²) in [7, 11) is 0. The average molecular weight is 471 g/mol. The molecule has 2 aromatic carbocycles. The minimum atomic E-state index is -5.24. The lowest BCUT2D eigenvalue weighted by Gasteiger charge is -2.25. The first-order chi connectivity index (χ1) is 14.1. The van der Waals surface area contributed by atoms with Gasteiger partial charge in [-0.05, 0) is 37.3 Å². The monoisotopic (exact) mass is 470 g/mol. The third-order valence-corrected chi connectivity index (χ3v) is 4.11. The van der Waals surface area contributed by atoms with Crippen molar-refractivity contribution in [1.29, 1.82) is 0 Å². The van der Waals surface area contributed by atoms with E-state index in [1.807, 2.05) is 0 Å². The molecule has 3 N–H and O–H groups in total. The number of carbonyl (C=O) groups is 2. The fraction of sp³-hybridized carbons (Fsp3) is 0.222. The molecule has 13 heteroatoms. The molecule has 2 amide bonds. The van der Waals surface area contributed by atoms with E-state index in [2.05, 4.69) is 10.1 Å². The number of rotatable bonds is 5. The molecule has 0 aliphatic carbocycles. The van der Waals surface area contributed by atoms with Crippen molar-refractivity contribution >= 4 is 34.8 Å². The van der Waals surface area contributed by atoms with Gasteiger partial charge in [-0.2, -0.15) is 13.2 Å². The first-order valence-corrected chi connectivity index (χ1v) is 8.55. The molecule has 0 heterocycles. The van der Waals surface area contributed by atoms with Crippen LogP contribution in [-0.4, -0.2) is 35.1 Å². The number of aliphatic hydroxyl groups is 1. The fourth-order valence-corrected chi connectivity index (χ4v) is 2.33. The summed E-state index contributed by atoms with van der Waals surface area (Å²) >= 11 is 5.88. The SMILES string of the molecule is CC(O)(C(=O)Nc1ccc(C(=O)Nc2cccc(OC(F)(F)F)c2)cc1Cl)C(F)(F)F. The van der Waals surface area contributed by atoms with Gasteiger partial charge in [0.25, 0.3) is 11.8 Å². The summed E-state index contributed by atoms with van der Waals surface area (Å²) < 4.78 is 78.7. The Bertz CT molecular complexity index is 992.